The molecule has 0 aliphatic carbocycles. The normalized spacial score (nSPS) is 6.04. The second-order valence-corrected chi connectivity index (χ2v) is 3.55. The van der Waals surface area contributed by atoms with Crippen molar-refractivity contribution in [1.82, 2.24) is 9.96 Å². The van der Waals surface area contributed by atoms with Gasteiger partial charge in [-0.25, -0.2) is 0 Å². The van der Waals surface area contributed by atoms with E-state index < -0.39 is 17.0 Å². The third-order valence-corrected chi connectivity index (χ3v) is 1.52. The van der Waals surface area contributed by atoms with Gasteiger partial charge in [-0.2, -0.15) is 0 Å². The number of hydrogen-bond donors (Lipinski definition) is 1. The molecule has 16 heteroatoms. The Morgan fingerprint density at radius 3 is 1.84 bits per heavy atom. The maximum absolute atomic E-state index is 11.2. The zero-order valence-corrected chi connectivity index (χ0v) is 30.5. The molecule has 0 saturated carbocycles. The summed E-state index contributed by atoms with van der Waals surface area (Å²) in [7, 11) is 0. The zero-order valence-electron chi connectivity index (χ0n) is 13.4. The van der Waals surface area contributed by atoms with Crippen LogP contribution in [0.1, 0.15) is 23.7 Å². The molecule has 0 fully saturated rings. The van der Waals surface area contributed by atoms with E-state index in [1.54, 1.807) is 0 Å². The Kier molecular flexibility index (Phi) is 89.6. The Balaban J connectivity index is -0.0000000315. The molecular weight excluding hydrogens is 932 g/mol. The molecule has 0 aliphatic rings. The predicted molar refractivity (Wildman–Crippen MR) is 51.3 cm³/mol. The molecule has 0 aliphatic heterocycles. The van der Waals surface area contributed by atoms with Crippen LogP contribution in [-0.2, 0) is 175 Å². The Morgan fingerprint density at radius 1 is 1.16 bits per heavy atom. The number of nitrogens with one attached hydrogen (secondary N) is 1. The molecular formula is C9H7N2O3UV10-3. The number of carbonyl (C=O) groups is 1. The zero-order chi connectivity index (χ0) is 15.4. The van der Waals surface area contributed by atoms with E-state index in [1.807, 2.05) is 23.9 Å². The van der Waals surface area contributed by atoms with Crippen LogP contribution in [0.2, 0.25) is 1.41 Å². The van der Waals surface area contributed by atoms with Gasteiger partial charge in [0.05, 0.1) is 0 Å². The Bertz CT molecular complexity index is 571. The van der Waals surface area contributed by atoms with Crippen molar-refractivity contribution >= 4 is 15.2 Å². The van der Waals surface area contributed by atoms with Crippen molar-refractivity contribution in [3.8, 4) is 0 Å². The van der Waals surface area contributed by atoms with Gasteiger partial charge in [-0.05, 0) is 0 Å². The summed E-state index contributed by atoms with van der Waals surface area (Å²) in [6.45, 7) is 1.85. The Morgan fingerprint density at radius 2 is 1.52 bits per heavy atom. The first-order valence-electron chi connectivity index (χ1n) is 4.63. The monoisotopic (exact) mass is 941 g/mol. The van der Waals surface area contributed by atoms with Crippen molar-refractivity contribution in [3.63, 3.8) is 0 Å². The van der Waals surface area contributed by atoms with Crippen molar-refractivity contribution in [2.75, 3.05) is 0 Å². The first-order valence-corrected chi connectivity index (χ1v) is 8.78. The van der Waals surface area contributed by atoms with Crippen molar-refractivity contribution < 1.29 is 212 Å². The predicted octanol–water partition coefficient (Wildman–Crippen LogP) is -1.30. The minimum absolute atomic E-state index is 0. The molecule has 0 saturated heterocycles. The van der Waals surface area contributed by atoms with E-state index in [4.69, 9.17) is 1.41 Å². The molecule has 0 amide bonds. The van der Waals surface area contributed by atoms with Crippen molar-refractivity contribution in [3.05, 3.63) is 32.6 Å². The van der Waals surface area contributed by atoms with E-state index >= 15 is 0 Å². The average Bonchev–Trinajstić information content (AvgIpc) is 2.39. The number of Topliss-reactive ketones (excluding diaryl/α,β-unsaturated/α-hetero) is 1. The topological polar surface area (TPSA) is 81.1 Å². The van der Waals surface area contributed by atoms with Crippen molar-refractivity contribution in [2.45, 2.75) is 13.3 Å². The molecule has 1 rings (SSSR count). The molecule has 1 aromatic rings. The number of hydrogen-bond acceptors (Lipinski definition) is 3. The van der Waals surface area contributed by atoms with E-state index in [0.717, 1.165) is 6.20 Å². The molecule has 1 N–H and O–H groups in total. The van der Waals surface area contributed by atoms with E-state index in [9.17, 15) is 14.4 Å². The first-order chi connectivity index (χ1) is 8.99. The Labute approximate surface area is 277 Å². The molecule has 0 spiro atoms. The van der Waals surface area contributed by atoms with Crippen LogP contribution in [0.4, 0.5) is 0 Å². The molecule has 1 heterocycles. The second-order valence-electron chi connectivity index (χ2n) is 2.35. The van der Waals surface area contributed by atoms with Crippen LogP contribution in [0.15, 0.2) is 15.8 Å². The SMILES string of the molecule is C[C-]=[V].[3H]n1c(=O)[n-]cc(C(=O)C[C-]=[V])c1=O.[U].[V].[V].[V].[V].[V].[V].[V]=[V]. The van der Waals surface area contributed by atoms with Gasteiger partial charge in [0.2, 0.25) is 0 Å². The number of ketones is 1. The summed E-state index contributed by atoms with van der Waals surface area (Å²) in [4.78, 5) is 36.4. The summed E-state index contributed by atoms with van der Waals surface area (Å²) < 4.78 is 12.2. The van der Waals surface area contributed by atoms with Crippen LogP contribution in [0.25, 0.3) is 0 Å². The number of nitrogens with zero attached hydrogens (tertiary/aromatic N) is 1. The van der Waals surface area contributed by atoms with Crippen LogP contribution < -0.4 is 16.2 Å². The van der Waals surface area contributed by atoms with Crippen LogP contribution in [0.5, 0.6) is 0 Å². The fourth-order valence-corrected chi connectivity index (χ4v) is 0.933. The van der Waals surface area contributed by atoms with Gasteiger partial charge in [-0.15, -0.1) is 0 Å². The quantitative estimate of drug-likeness (QED) is 0.303. The third-order valence-electron chi connectivity index (χ3n) is 1.27. The van der Waals surface area contributed by atoms with E-state index in [2.05, 4.69) is 60.7 Å². The number of aromatic nitrogens is 2. The van der Waals surface area contributed by atoms with Gasteiger partial charge in [0.15, 0.2) is 0 Å². The molecule has 5 nitrogen and oxygen atoms in total. The molecule has 0 unspecified atom stereocenters. The second kappa shape index (κ2) is 43.0. The summed E-state index contributed by atoms with van der Waals surface area (Å²) in [6.07, 6.45) is 0.831. The summed E-state index contributed by atoms with van der Waals surface area (Å²) in [5, 5.41) is 0. The molecule has 128 valence electrons. The van der Waals surface area contributed by atoms with Gasteiger partial charge in [-0.1, -0.05) is 0 Å². The summed E-state index contributed by atoms with van der Waals surface area (Å²) in [5.74, 6) is -0.510. The van der Waals surface area contributed by atoms with Gasteiger partial charge in [0.25, 0.3) is 0 Å². The standard InChI is InChI=1S/C7H5N2O3.C2H3.U.10V/c1-2-5(10)4-3-8-7(12)9-6(4)11;1-2;;;;;;;;;;;/h3H,2H2,(H2,8,9,10,11,12);1H3;;;;;;;;;;;/q2*-1;;;;;;;;;;;/p-1/i/hT. The number of rotatable bonds is 3. The minimum atomic E-state index is -0.994. The molecule has 6 radical (unpaired) electrons. The fourth-order valence-electron chi connectivity index (χ4n) is 0.709. The third kappa shape index (κ3) is 33.8. The van der Waals surface area contributed by atoms with Gasteiger partial charge in [0.1, 0.15) is 0 Å². The fraction of sp³-hybridized carbons (Fsp3) is 0.222. The molecule has 0 bridgehead atoms. The number of carbonyl (C=O) groups excluding carboxylic acids is 1. The van der Waals surface area contributed by atoms with E-state index in [0.29, 0.717) is 0 Å². The van der Waals surface area contributed by atoms with Crippen molar-refractivity contribution in [1.29, 1.82) is 0 Å². The van der Waals surface area contributed by atoms with Gasteiger partial charge in [0, 0.05) is 142 Å². The number of H-pyrrole nitrogens is 1. The maximum atomic E-state index is 11.2. The van der Waals surface area contributed by atoms with Gasteiger partial charge >= 0.3 is 141 Å². The van der Waals surface area contributed by atoms with E-state index in [-0.39, 0.29) is 159 Å². The first kappa shape index (κ1) is 52.1. The number of aromatic amines is 1. The average molecular weight is 941 g/mol. The van der Waals surface area contributed by atoms with Crippen LogP contribution in [-0.4, -0.2) is 20.2 Å². The van der Waals surface area contributed by atoms with Crippen LogP contribution in [0.3, 0.4) is 0 Å². The van der Waals surface area contributed by atoms with Crippen LogP contribution in [0, 0.1) is 31.1 Å². The summed E-state index contributed by atoms with van der Waals surface area (Å²) >= 11 is 8.68. The van der Waals surface area contributed by atoms with Crippen molar-refractivity contribution in [2.24, 2.45) is 0 Å². The van der Waals surface area contributed by atoms with E-state index in [1.165, 1.54) is 0 Å². The summed E-state index contributed by atoms with van der Waals surface area (Å²) in [6, 6.07) is 0. The molecule has 25 heavy (non-hydrogen) atoms. The Hall–Kier alpha value is 4.99. The van der Waals surface area contributed by atoms with Gasteiger partial charge in [-0.3, -0.25) is 0 Å². The van der Waals surface area contributed by atoms with Gasteiger partial charge < -0.3 is 0 Å². The summed E-state index contributed by atoms with van der Waals surface area (Å²) in [5.41, 5.74) is -2.21. The molecule has 0 atom stereocenters. The molecule has 1 aromatic heterocycles. The van der Waals surface area contributed by atoms with Crippen LogP contribution >= 0.6 is 0 Å². The molecule has 0 aromatic carbocycles.